The zero-order valence-corrected chi connectivity index (χ0v) is 11.3. The summed E-state index contributed by atoms with van der Waals surface area (Å²) in [6.45, 7) is 0. The van der Waals surface area contributed by atoms with E-state index in [0.29, 0.717) is 22.1 Å². The van der Waals surface area contributed by atoms with Crippen molar-refractivity contribution >= 4 is 34.6 Å². The van der Waals surface area contributed by atoms with Crippen molar-refractivity contribution in [2.75, 3.05) is 0 Å². The summed E-state index contributed by atoms with van der Waals surface area (Å²) >= 11 is 7.48. The normalized spacial score (nSPS) is 11.0. The predicted molar refractivity (Wildman–Crippen MR) is 74.9 cm³/mol. The maximum Gasteiger partial charge on any atom is 0.309 e. The highest BCUT2D eigenvalue weighted by Gasteiger charge is 2.17. The van der Waals surface area contributed by atoms with Crippen LogP contribution in [0.25, 0.3) is 16.2 Å². The van der Waals surface area contributed by atoms with E-state index in [-0.39, 0.29) is 6.42 Å². The number of aliphatic carboxylic acids is 1. The number of aromatic nitrogens is 2. The summed E-state index contributed by atoms with van der Waals surface area (Å²) in [6.07, 6.45) is 1.68. The quantitative estimate of drug-likeness (QED) is 0.805. The summed E-state index contributed by atoms with van der Waals surface area (Å²) in [6, 6.07) is 7.30. The van der Waals surface area contributed by atoms with Gasteiger partial charge in [0.1, 0.15) is 11.3 Å². The molecule has 6 heteroatoms. The Balaban J connectivity index is 2.27. The number of halogens is 1. The number of thiophene rings is 1. The molecular formula is C13H9ClN2O2S. The van der Waals surface area contributed by atoms with Gasteiger partial charge in [0.15, 0.2) is 0 Å². The van der Waals surface area contributed by atoms with Crippen molar-refractivity contribution in [3.8, 4) is 10.6 Å². The molecule has 0 unspecified atom stereocenters. The number of imidazole rings is 1. The van der Waals surface area contributed by atoms with Gasteiger partial charge in [-0.1, -0.05) is 17.7 Å². The zero-order chi connectivity index (χ0) is 13.4. The fourth-order valence-corrected chi connectivity index (χ4v) is 2.88. The molecule has 0 bridgehead atoms. The number of fused-ring (bicyclic) bond motifs is 1. The molecule has 3 aromatic rings. The van der Waals surface area contributed by atoms with Gasteiger partial charge >= 0.3 is 5.97 Å². The Labute approximate surface area is 117 Å². The van der Waals surface area contributed by atoms with Gasteiger partial charge in [0.05, 0.1) is 17.0 Å². The molecule has 3 aromatic heterocycles. The summed E-state index contributed by atoms with van der Waals surface area (Å²) in [5, 5.41) is 11.6. The van der Waals surface area contributed by atoms with Crippen LogP contribution in [-0.4, -0.2) is 20.5 Å². The molecule has 0 atom stereocenters. The van der Waals surface area contributed by atoms with Gasteiger partial charge in [-0.2, -0.15) is 0 Å². The van der Waals surface area contributed by atoms with Crippen molar-refractivity contribution in [2.45, 2.75) is 6.42 Å². The van der Waals surface area contributed by atoms with Crippen LogP contribution >= 0.6 is 22.9 Å². The molecular weight excluding hydrogens is 284 g/mol. The van der Waals surface area contributed by atoms with Gasteiger partial charge in [0.25, 0.3) is 0 Å². The highest BCUT2D eigenvalue weighted by Crippen LogP contribution is 2.29. The van der Waals surface area contributed by atoms with E-state index < -0.39 is 5.97 Å². The minimum atomic E-state index is -0.880. The molecule has 0 fully saturated rings. The number of carboxylic acid groups (broad SMARTS) is 1. The molecule has 0 aromatic carbocycles. The number of hydrogen-bond donors (Lipinski definition) is 1. The van der Waals surface area contributed by atoms with Crippen LogP contribution < -0.4 is 0 Å². The number of hydrogen-bond acceptors (Lipinski definition) is 3. The van der Waals surface area contributed by atoms with Crippen molar-refractivity contribution in [2.24, 2.45) is 0 Å². The fraction of sp³-hybridized carbons (Fsp3) is 0.0769. The number of carboxylic acids is 1. The second kappa shape index (κ2) is 4.68. The summed E-state index contributed by atoms with van der Waals surface area (Å²) < 4.78 is 1.77. The molecule has 0 spiro atoms. The molecule has 1 N–H and O–H groups in total. The van der Waals surface area contributed by atoms with E-state index in [0.717, 1.165) is 4.88 Å². The standard InChI is InChI=1S/C13H9ClN2O2S/c14-8-3-4-16-9(7-12(17)18)13(15-11(16)6-8)10-2-1-5-19-10/h1-6H,7H2,(H,17,18). The SMILES string of the molecule is O=C(O)Cc1c(-c2cccs2)nc2cc(Cl)ccn12. The van der Waals surface area contributed by atoms with Gasteiger partial charge < -0.3 is 9.51 Å². The fourth-order valence-electron chi connectivity index (χ4n) is 1.99. The van der Waals surface area contributed by atoms with Crippen molar-refractivity contribution in [3.05, 3.63) is 46.6 Å². The van der Waals surface area contributed by atoms with E-state index in [9.17, 15) is 4.79 Å². The molecule has 0 aliphatic rings. The monoisotopic (exact) mass is 292 g/mol. The lowest BCUT2D eigenvalue weighted by atomic mass is 10.2. The molecule has 0 aliphatic heterocycles. The van der Waals surface area contributed by atoms with E-state index in [1.54, 1.807) is 22.7 Å². The summed E-state index contributed by atoms with van der Waals surface area (Å²) in [7, 11) is 0. The average Bonchev–Trinajstić information content (AvgIpc) is 2.96. The summed E-state index contributed by atoms with van der Waals surface area (Å²) in [4.78, 5) is 16.5. The van der Waals surface area contributed by atoms with Crippen LogP contribution in [0, 0.1) is 0 Å². The number of rotatable bonds is 3. The Morgan fingerprint density at radius 2 is 2.32 bits per heavy atom. The minimum Gasteiger partial charge on any atom is -0.481 e. The van der Waals surface area contributed by atoms with Crippen molar-refractivity contribution in [1.29, 1.82) is 0 Å². The van der Waals surface area contributed by atoms with E-state index in [1.165, 1.54) is 11.3 Å². The third kappa shape index (κ3) is 2.22. The molecule has 96 valence electrons. The van der Waals surface area contributed by atoms with Crippen molar-refractivity contribution < 1.29 is 9.90 Å². The van der Waals surface area contributed by atoms with Gasteiger partial charge in [0.2, 0.25) is 0 Å². The molecule has 0 aliphatic carbocycles. The van der Waals surface area contributed by atoms with Crippen LogP contribution in [0.5, 0.6) is 0 Å². The molecule has 0 amide bonds. The highest BCUT2D eigenvalue weighted by atomic mass is 35.5. The van der Waals surface area contributed by atoms with Gasteiger partial charge in [-0.25, -0.2) is 4.98 Å². The Morgan fingerprint density at radius 1 is 1.47 bits per heavy atom. The maximum absolute atomic E-state index is 11.0. The first-order valence-corrected chi connectivity index (χ1v) is 6.83. The van der Waals surface area contributed by atoms with Gasteiger partial charge in [-0.05, 0) is 17.5 Å². The van der Waals surface area contributed by atoms with Gasteiger partial charge in [-0.3, -0.25) is 4.79 Å². The first-order valence-electron chi connectivity index (χ1n) is 5.57. The van der Waals surface area contributed by atoms with Crippen LogP contribution in [0.1, 0.15) is 5.69 Å². The summed E-state index contributed by atoms with van der Waals surface area (Å²) in [5.74, 6) is -0.880. The van der Waals surface area contributed by atoms with E-state index in [2.05, 4.69) is 4.98 Å². The second-order valence-electron chi connectivity index (χ2n) is 4.03. The molecule has 3 heterocycles. The molecule has 19 heavy (non-hydrogen) atoms. The second-order valence-corrected chi connectivity index (χ2v) is 5.41. The lowest BCUT2D eigenvalue weighted by Crippen LogP contribution is -2.04. The molecule has 4 nitrogen and oxygen atoms in total. The number of nitrogens with zero attached hydrogens (tertiary/aromatic N) is 2. The van der Waals surface area contributed by atoms with E-state index in [4.69, 9.17) is 16.7 Å². The van der Waals surface area contributed by atoms with Crippen molar-refractivity contribution in [3.63, 3.8) is 0 Å². The molecule has 0 saturated heterocycles. The van der Waals surface area contributed by atoms with Crippen LogP contribution in [0.2, 0.25) is 5.02 Å². The predicted octanol–water partition coefficient (Wildman–Crippen LogP) is 3.34. The van der Waals surface area contributed by atoms with E-state index >= 15 is 0 Å². The van der Waals surface area contributed by atoms with Gasteiger partial charge in [0, 0.05) is 17.3 Å². The van der Waals surface area contributed by atoms with Crippen LogP contribution in [0.4, 0.5) is 0 Å². The minimum absolute atomic E-state index is 0.0734. The average molecular weight is 293 g/mol. The smallest absolute Gasteiger partial charge is 0.309 e. The number of pyridine rings is 1. The maximum atomic E-state index is 11.0. The summed E-state index contributed by atoms with van der Waals surface area (Å²) in [5.41, 5.74) is 2.04. The van der Waals surface area contributed by atoms with Crippen LogP contribution in [-0.2, 0) is 11.2 Å². The Kier molecular flexibility index (Phi) is 3.00. The molecule has 0 radical (unpaired) electrons. The third-order valence-electron chi connectivity index (χ3n) is 2.76. The first-order chi connectivity index (χ1) is 9.15. The Hall–Kier alpha value is -1.85. The van der Waals surface area contributed by atoms with E-state index in [1.807, 2.05) is 17.5 Å². The molecule has 3 rings (SSSR count). The highest BCUT2D eigenvalue weighted by molar-refractivity contribution is 7.13. The lowest BCUT2D eigenvalue weighted by molar-refractivity contribution is -0.136. The third-order valence-corrected chi connectivity index (χ3v) is 3.87. The molecule has 0 saturated carbocycles. The lowest BCUT2D eigenvalue weighted by Gasteiger charge is -2.01. The van der Waals surface area contributed by atoms with Gasteiger partial charge in [-0.15, -0.1) is 11.3 Å². The number of carbonyl (C=O) groups is 1. The van der Waals surface area contributed by atoms with Crippen LogP contribution in [0.3, 0.4) is 0 Å². The topological polar surface area (TPSA) is 54.6 Å². The first kappa shape index (κ1) is 12.2. The van der Waals surface area contributed by atoms with Crippen LogP contribution in [0.15, 0.2) is 35.8 Å². The van der Waals surface area contributed by atoms with Crippen molar-refractivity contribution in [1.82, 2.24) is 9.38 Å². The Bertz CT molecular complexity index is 749. The Morgan fingerprint density at radius 3 is 3.00 bits per heavy atom. The largest absolute Gasteiger partial charge is 0.481 e. The zero-order valence-electron chi connectivity index (χ0n) is 9.71.